The summed E-state index contributed by atoms with van der Waals surface area (Å²) in [6.45, 7) is 8.79. The van der Waals surface area contributed by atoms with E-state index in [1.165, 1.54) is 30.3 Å². The summed E-state index contributed by atoms with van der Waals surface area (Å²) < 4.78 is 57.9. The van der Waals surface area contributed by atoms with Gasteiger partial charge < -0.3 is 5.32 Å². The highest BCUT2D eigenvalue weighted by atomic mass is 35.5. The van der Waals surface area contributed by atoms with Crippen LogP contribution >= 0.6 is 11.6 Å². The minimum atomic E-state index is -3.88. The number of hydrogen-bond donors (Lipinski definition) is 1. The quantitative estimate of drug-likeness (QED) is 0.330. The maximum absolute atomic E-state index is 14.3. The molecule has 0 spiro atoms. The standard InChI is InChI=1S/C31H37ClF2N2O3S/c1-20(14-29(4,5)34)26(37)27-28(2,3)15-25(35-27)30-17-31(18-30,19-30)36(16-21-11-12-23(32)24(33)13-21)40(38,39)22-9-7-6-8-10-22/h6-13,15,20,27,35H,14,16-19H2,1-5H3/t20?,27-,30?,31?/m0/s1. The summed E-state index contributed by atoms with van der Waals surface area (Å²) >= 11 is 5.88. The van der Waals surface area contributed by atoms with Gasteiger partial charge in [0.1, 0.15) is 11.5 Å². The van der Waals surface area contributed by atoms with Gasteiger partial charge in [0.25, 0.3) is 0 Å². The van der Waals surface area contributed by atoms with Crippen molar-refractivity contribution in [3.8, 4) is 0 Å². The Hall–Kier alpha value is -2.29. The van der Waals surface area contributed by atoms with Crippen molar-refractivity contribution in [1.82, 2.24) is 9.62 Å². The van der Waals surface area contributed by atoms with Crippen molar-refractivity contribution in [3.63, 3.8) is 0 Å². The van der Waals surface area contributed by atoms with Crippen molar-refractivity contribution < 1.29 is 22.0 Å². The first-order chi connectivity index (χ1) is 18.5. The molecule has 0 amide bonds. The highest BCUT2D eigenvalue weighted by molar-refractivity contribution is 7.89. The Labute approximate surface area is 241 Å². The van der Waals surface area contributed by atoms with Gasteiger partial charge in [0.15, 0.2) is 5.78 Å². The molecule has 1 N–H and O–H groups in total. The van der Waals surface area contributed by atoms with E-state index >= 15 is 0 Å². The fourth-order valence-corrected chi connectivity index (χ4v) is 8.91. The predicted molar refractivity (Wildman–Crippen MR) is 152 cm³/mol. The Balaban J connectivity index is 1.38. The number of ketones is 1. The van der Waals surface area contributed by atoms with Crippen molar-refractivity contribution in [2.45, 2.75) is 89.0 Å². The topological polar surface area (TPSA) is 66.5 Å². The number of nitrogens with zero attached hydrogens (tertiary/aromatic N) is 1. The van der Waals surface area contributed by atoms with Gasteiger partial charge in [-0.3, -0.25) is 4.79 Å². The summed E-state index contributed by atoms with van der Waals surface area (Å²) in [6.07, 6.45) is 4.07. The lowest BCUT2D eigenvalue weighted by atomic mass is 9.38. The maximum atomic E-state index is 14.3. The van der Waals surface area contributed by atoms with Gasteiger partial charge in [0.2, 0.25) is 10.0 Å². The zero-order valence-corrected chi connectivity index (χ0v) is 25.2. The van der Waals surface area contributed by atoms with E-state index in [1.807, 2.05) is 13.8 Å². The average Bonchev–Trinajstić information content (AvgIpc) is 3.12. The fourth-order valence-electron chi connectivity index (χ4n) is 7.01. The van der Waals surface area contributed by atoms with E-state index in [2.05, 4.69) is 11.4 Å². The summed E-state index contributed by atoms with van der Waals surface area (Å²) in [6, 6.07) is 12.2. The fraction of sp³-hybridized carbons (Fsp3) is 0.516. The van der Waals surface area contributed by atoms with Crippen molar-refractivity contribution in [2.75, 3.05) is 0 Å². The molecule has 2 aromatic rings. The number of carbonyl (C=O) groups is 1. The van der Waals surface area contributed by atoms with Gasteiger partial charge >= 0.3 is 0 Å². The average molecular weight is 591 g/mol. The lowest BCUT2D eigenvalue weighted by Gasteiger charge is -2.73. The molecule has 1 unspecified atom stereocenters. The minimum Gasteiger partial charge on any atom is -0.378 e. The van der Waals surface area contributed by atoms with Gasteiger partial charge in [-0.2, -0.15) is 4.31 Å². The molecule has 3 saturated carbocycles. The second-order valence-electron chi connectivity index (χ2n) is 13.3. The third-order valence-corrected chi connectivity index (χ3v) is 11.1. The predicted octanol–water partition coefficient (Wildman–Crippen LogP) is 6.82. The van der Waals surface area contributed by atoms with E-state index in [4.69, 9.17) is 11.6 Å². The van der Waals surface area contributed by atoms with Crippen molar-refractivity contribution >= 4 is 27.4 Å². The van der Waals surface area contributed by atoms with Crippen LogP contribution in [0.1, 0.15) is 65.9 Å². The largest absolute Gasteiger partial charge is 0.378 e. The van der Waals surface area contributed by atoms with Crippen LogP contribution in [0.2, 0.25) is 5.02 Å². The molecule has 2 aromatic carbocycles. The lowest BCUT2D eigenvalue weighted by Crippen LogP contribution is -2.76. The van der Waals surface area contributed by atoms with Gasteiger partial charge in [-0.1, -0.05) is 62.7 Å². The van der Waals surface area contributed by atoms with Crippen molar-refractivity contribution in [2.24, 2.45) is 16.7 Å². The third kappa shape index (κ3) is 5.01. The molecule has 3 fully saturated rings. The van der Waals surface area contributed by atoms with Crippen LogP contribution in [-0.2, 0) is 21.4 Å². The van der Waals surface area contributed by atoms with Crippen LogP contribution in [0.15, 0.2) is 65.2 Å². The van der Waals surface area contributed by atoms with Gasteiger partial charge in [0.05, 0.1) is 16.0 Å². The first-order valence-electron chi connectivity index (χ1n) is 13.7. The molecule has 0 saturated heterocycles. The zero-order chi connectivity index (χ0) is 29.3. The van der Waals surface area contributed by atoms with E-state index in [9.17, 15) is 22.0 Å². The van der Waals surface area contributed by atoms with Gasteiger partial charge in [-0.25, -0.2) is 17.2 Å². The SMILES string of the molecule is CC(CC(C)(C)F)C(=O)[C@@H]1NC(C23CC(N(Cc4ccc(Cl)c(F)c4)S(=O)(=O)c4ccccc4)(C2)C3)=CC1(C)C. The molecular weight excluding hydrogens is 554 g/mol. The second kappa shape index (κ2) is 9.63. The minimum absolute atomic E-state index is 0.0127. The first-order valence-corrected chi connectivity index (χ1v) is 15.5. The summed E-state index contributed by atoms with van der Waals surface area (Å²) in [5.74, 6) is -1.04. The summed E-state index contributed by atoms with van der Waals surface area (Å²) in [7, 11) is -3.88. The van der Waals surface area contributed by atoms with E-state index in [1.54, 1.807) is 43.3 Å². The number of Topliss-reactive ketones (excluding diaryl/α,β-unsaturated/α-hetero) is 1. The Morgan fingerprint density at radius 1 is 1.15 bits per heavy atom. The molecule has 6 rings (SSSR count). The molecule has 0 aromatic heterocycles. The number of hydrogen-bond acceptors (Lipinski definition) is 4. The van der Waals surface area contributed by atoms with Gasteiger partial charge in [-0.15, -0.1) is 0 Å². The molecule has 5 nitrogen and oxygen atoms in total. The molecular formula is C31H37ClF2N2O3S. The Morgan fingerprint density at radius 3 is 2.35 bits per heavy atom. The van der Waals surface area contributed by atoms with E-state index in [-0.39, 0.29) is 34.1 Å². The molecule has 216 valence electrons. The maximum Gasteiger partial charge on any atom is 0.243 e. The zero-order valence-electron chi connectivity index (χ0n) is 23.6. The normalized spacial score (nSPS) is 27.8. The summed E-state index contributed by atoms with van der Waals surface area (Å²) in [5, 5.41) is 3.46. The van der Waals surface area contributed by atoms with Crippen molar-refractivity contribution in [1.29, 1.82) is 0 Å². The number of halogens is 3. The molecule has 0 radical (unpaired) electrons. The Kier molecular flexibility index (Phi) is 7.03. The van der Waals surface area contributed by atoms with E-state index in [0.717, 1.165) is 5.70 Å². The number of alkyl halides is 1. The number of allylic oxidation sites excluding steroid dienone is 1. The molecule has 2 bridgehead atoms. The van der Waals surface area contributed by atoms with Crippen LogP contribution in [0.3, 0.4) is 0 Å². The molecule has 1 heterocycles. The summed E-state index contributed by atoms with van der Waals surface area (Å²) in [4.78, 5) is 13.5. The monoisotopic (exact) mass is 590 g/mol. The van der Waals surface area contributed by atoms with E-state index in [0.29, 0.717) is 24.8 Å². The number of benzene rings is 2. The van der Waals surface area contributed by atoms with Crippen LogP contribution in [0.5, 0.6) is 0 Å². The molecule has 2 atom stereocenters. The smallest absolute Gasteiger partial charge is 0.243 e. The Bertz CT molecular complexity index is 1450. The summed E-state index contributed by atoms with van der Waals surface area (Å²) in [5.41, 5.74) is -1.25. The molecule has 9 heteroatoms. The third-order valence-electron chi connectivity index (χ3n) is 8.87. The molecule has 1 aliphatic heterocycles. The van der Waals surface area contributed by atoms with Gasteiger partial charge in [-0.05, 0) is 69.4 Å². The number of rotatable bonds is 10. The molecule has 4 aliphatic rings. The first kappa shape index (κ1) is 29.2. The number of sulfonamides is 1. The highest BCUT2D eigenvalue weighted by Crippen LogP contribution is 2.74. The van der Waals surface area contributed by atoms with Crippen LogP contribution in [0.25, 0.3) is 0 Å². The molecule has 40 heavy (non-hydrogen) atoms. The lowest BCUT2D eigenvalue weighted by molar-refractivity contribution is -0.173. The highest BCUT2D eigenvalue weighted by Gasteiger charge is 2.74. The van der Waals surface area contributed by atoms with Crippen LogP contribution in [0, 0.1) is 22.6 Å². The Morgan fingerprint density at radius 2 is 1.77 bits per heavy atom. The molecule has 3 aliphatic carbocycles. The number of carbonyl (C=O) groups excluding carboxylic acids is 1. The van der Waals surface area contributed by atoms with Crippen molar-refractivity contribution in [3.05, 3.63) is 76.7 Å². The number of nitrogens with one attached hydrogen (secondary N) is 1. The van der Waals surface area contributed by atoms with Crippen LogP contribution < -0.4 is 5.32 Å². The van der Waals surface area contributed by atoms with Gasteiger partial charge in [0, 0.05) is 34.5 Å². The van der Waals surface area contributed by atoms with Crippen LogP contribution in [0.4, 0.5) is 8.78 Å². The van der Waals surface area contributed by atoms with Crippen LogP contribution in [-0.4, -0.2) is 35.8 Å². The second-order valence-corrected chi connectivity index (χ2v) is 15.6. The van der Waals surface area contributed by atoms with E-state index < -0.39 is 44.4 Å².